The van der Waals surface area contributed by atoms with Crippen molar-refractivity contribution in [3.63, 3.8) is 0 Å². The lowest BCUT2D eigenvalue weighted by Crippen LogP contribution is -2.39. The molecule has 134 valence electrons. The Balaban J connectivity index is 1.44. The molecular weight excluding hydrogens is 326 g/mol. The molecule has 5 heteroatoms. The maximum Gasteiger partial charge on any atom is 0.223 e. The van der Waals surface area contributed by atoms with Crippen LogP contribution in [-0.4, -0.2) is 34.1 Å². The van der Waals surface area contributed by atoms with Gasteiger partial charge in [0.15, 0.2) is 0 Å². The van der Waals surface area contributed by atoms with Crippen molar-refractivity contribution < 1.29 is 9.21 Å². The molecule has 1 aliphatic rings. The Hall–Kier alpha value is -2.82. The van der Waals surface area contributed by atoms with Gasteiger partial charge in [0.2, 0.25) is 5.91 Å². The van der Waals surface area contributed by atoms with Gasteiger partial charge in [0.05, 0.1) is 12.5 Å². The normalized spacial score (nSPS) is 17.4. The molecule has 0 saturated carbocycles. The van der Waals surface area contributed by atoms with Crippen LogP contribution in [0.4, 0.5) is 0 Å². The van der Waals surface area contributed by atoms with Crippen LogP contribution in [0.1, 0.15) is 36.6 Å². The number of rotatable bonds is 5. The van der Waals surface area contributed by atoms with Gasteiger partial charge in [-0.1, -0.05) is 30.3 Å². The molecule has 2 aromatic heterocycles. The first-order valence-electron chi connectivity index (χ1n) is 9.20. The van der Waals surface area contributed by atoms with E-state index >= 15 is 0 Å². The van der Waals surface area contributed by atoms with Gasteiger partial charge >= 0.3 is 0 Å². The zero-order chi connectivity index (χ0) is 17.8. The van der Waals surface area contributed by atoms with Crippen molar-refractivity contribution in [2.24, 2.45) is 0 Å². The maximum absolute atomic E-state index is 12.6. The molecule has 5 nitrogen and oxygen atoms in total. The second kappa shape index (κ2) is 7.60. The number of likely N-dealkylation sites (tertiary alicyclic amines) is 1. The smallest absolute Gasteiger partial charge is 0.223 e. The molecule has 0 aliphatic carbocycles. The molecule has 1 saturated heterocycles. The molecule has 1 N–H and O–H groups in total. The number of furan rings is 1. The van der Waals surface area contributed by atoms with E-state index in [1.165, 1.54) is 0 Å². The summed E-state index contributed by atoms with van der Waals surface area (Å²) < 4.78 is 5.33. The molecule has 4 rings (SSSR count). The van der Waals surface area contributed by atoms with Crippen molar-refractivity contribution >= 4 is 5.91 Å². The zero-order valence-corrected chi connectivity index (χ0v) is 14.7. The minimum atomic E-state index is 0.201. The number of nitrogens with one attached hydrogen (secondary N) is 1. The zero-order valence-electron chi connectivity index (χ0n) is 14.7. The van der Waals surface area contributed by atoms with Gasteiger partial charge in [-0.3, -0.25) is 9.89 Å². The van der Waals surface area contributed by atoms with Crippen LogP contribution in [0.15, 0.2) is 59.3 Å². The lowest BCUT2D eigenvalue weighted by molar-refractivity contribution is -0.132. The van der Waals surface area contributed by atoms with Gasteiger partial charge in [-0.05, 0) is 30.5 Å². The summed E-state index contributed by atoms with van der Waals surface area (Å²) in [5.41, 5.74) is 3.44. The maximum atomic E-state index is 12.6. The fourth-order valence-corrected chi connectivity index (χ4v) is 3.74. The van der Waals surface area contributed by atoms with Crippen LogP contribution >= 0.6 is 0 Å². The number of amides is 1. The van der Waals surface area contributed by atoms with Crippen molar-refractivity contribution in [2.75, 3.05) is 13.1 Å². The minimum absolute atomic E-state index is 0.201. The van der Waals surface area contributed by atoms with Crippen molar-refractivity contribution in [3.8, 4) is 11.1 Å². The number of nitrogens with zero attached hydrogens (tertiary/aromatic N) is 2. The molecule has 1 amide bonds. The third-order valence-corrected chi connectivity index (χ3v) is 5.10. The summed E-state index contributed by atoms with van der Waals surface area (Å²) in [5, 5.41) is 7.46. The highest BCUT2D eigenvalue weighted by Crippen LogP contribution is 2.33. The van der Waals surface area contributed by atoms with Crippen LogP contribution in [0, 0.1) is 0 Å². The van der Waals surface area contributed by atoms with E-state index in [9.17, 15) is 4.79 Å². The lowest BCUT2D eigenvalue weighted by atomic mass is 9.90. The molecule has 0 spiro atoms. The number of aromatic nitrogens is 2. The van der Waals surface area contributed by atoms with E-state index in [-0.39, 0.29) is 5.91 Å². The first kappa shape index (κ1) is 16.6. The van der Waals surface area contributed by atoms with Gasteiger partial charge in [-0.2, -0.15) is 5.10 Å². The Morgan fingerprint density at radius 2 is 2.12 bits per heavy atom. The van der Waals surface area contributed by atoms with Crippen molar-refractivity contribution in [1.29, 1.82) is 0 Å². The molecule has 3 aromatic rings. The van der Waals surface area contributed by atoms with Crippen LogP contribution in [0.2, 0.25) is 0 Å². The van der Waals surface area contributed by atoms with Gasteiger partial charge in [-0.15, -0.1) is 0 Å². The molecule has 0 radical (unpaired) electrons. The molecule has 1 atom stereocenters. The van der Waals surface area contributed by atoms with Crippen LogP contribution in [-0.2, 0) is 11.2 Å². The largest absolute Gasteiger partial charge is 0.469 e. The fraction of sp³-hybridized carbons (Fsp3) is 0.333. The van der Waals surface area contributed by atoms with Crippen LogP contribution in [0.5, 0.6) is 0 Å². The molecule has 1 aliphatic heterocycles. The lowest BCUT2D eigenvalue weighted by Gasteiger charge is -2.32. The first-order chi connectivity index (χ1) is 12.8. The first-order valence-corrected chi connectivity index (χ1v) is 9.20. The summed E-state index contributed by atoms with van der Waals surface area (Å²) in [6.07, 6.45) is 6.79. The third-order valence-electron chi connectivity index (χ3n) is 5.10. The van der Waals surface area contributed by atoms with Gasteiger partial charge in [-0.25, -0.2) is 0 Å². The number of benzene rings is 1. The number of carbonyl (C=O) groups excluding carboxylic acids is 1. The van der Waals surface area contributed by atoms with Crippen LogP contribution in [0.3, 0.4) is 0 Å². The molecule has 26 heavy (non-hydrogen) atoms. The fourth-order valence-electron chi connectivity index (χ4n) is 3.74. The summed E-state index contributed by atoms with van der Waals surface area (Å²) in [4.78, 5) is 14.6. The second-order valence-electron chi connectivity index (χ2n) is 6.82. The quantitative estimate of drug-likeness (QED) is 0.757. The van der Waals surface area contributed by atoms with Gasteiger partial charge in [0, 0.05) is 43.1 Å². The van der Waals surface area contributed by atoms with Crippen LogP contribution in [0.25, 0.3) is 11.1 Å². The third kappa shape index (κ3) is 3.57. The van der Waals surface area contributed by atoms with E-state index in [2.05, 4.69) is 22.3 Å². The highest BCUT2D eigenvalue weighted by Gasteiger charge is 2.27. The number of hydrogen-bond acceptors (Lipinski definition) is 3. The van der Waals surface area contributed by atoms with E-state index < -0.39 is 0 Å². The highest BCUT2D eigenvalue weighted by atomic mass is 16.3. The van der Waals surface area contributed by atoms with E-state index in [1.807, 2.05) is 41.4 Å². The highest BCUT2D eigenvalue weighted by molar-refractivity contribution is 5.76. The Morgan fingerprint density at radius 3 is 2.92 bits per heavy atom. The molecule has 1 unspecified atom stereocenters. The van der Waals surface area contributed by atoms with E-state index in [1.54, 1.807) is 6.26 Å². The Bertz CT molecular complexity index is 839. The van der Waals surface area contributed by atoms with E-state index in [0.717, 1.165) is 48.5 Å². The molecule has 1 fully saturated rings. The van der Waals surface area contributed by atoms with Crippen LogP contribution < -0.4 is 0 Å². The number of aryl methyl sites for hydroxylation is 1. The summed E-state index contributed by atoms with van der Waals surface area (Å²) in [6.45, 7) is 1.58. The average Bonchev–Trinajstić information content (AvgIpc) is 3.39. The summed E-state index contributed by atoms with van der Waals surface area (Å²) in [6, 6.07) is 14.1. The minimum Gasteiger partial charge on any atom is -0.469 e. The average molecular weight is 349 g/mol. The van der Waals surface area contributed by atoms with Gasteiger partial charge < -0.3 is 9.32 Å². The predicted octanol–water partition coefficient (Wildman–Crippen LogP) is 4.01. The summed E-state index contributed by atoms with van der Waals surface area (Å²) >= 11 is 0. The molecule has 0 bridgehead atoms. The molecule has 1 aromatic carbocycles. The van der Waals surface area contributed by atoms with E-state index in [4.69, 9.17) is 4.42 Å². The predicted molar refractivity (Wildman–Crippen MR) is 99.6 cm³/mol. The monoisotopic (exact) mass is 349 g/mol. The van der Waals surface area contributed by atoms with Crippen molar-refractivity contribution in [2.45, 2.75) is 31.6 Å². The second-order valence-corrected chi connectivity index (χ2v) is 6.82. The standard InChI is InChI=1S/C21H23N3O2/c25-20(11-10-18-9-5-13-26-18)24-12-4-8-17(15-24)21-19(14-22-23-21)16-6-2-1-3-7-16/h1-3,5-7,9,13-14,17H,4,8,10-12,15H2,(H,22,23). The summed E-state index contributed by atoms with van der Waals surface area (Å²) in [5.74, 6) is 1.37. The Morgan fingerprint density at radius 1 is 1.23 bits per heavy atom. The van der Waals surface area contributed by atoms with Crippen molar-refractivity contribution in [1.82, 2.24) is 15.1 Å². The Labute approximate surface area is 153 Å². The number of H-pyrrole nitrogens is 1. The number of carbonyl (C=O) groups is 1. The summed E-state index contributed by atoms with van der Waals surface area (Å²) in [7, 11) is 0. The number of piperidine rings is 1. The molecular formula is C21H23N3O2. The van der Waals surface area contributed by atoms with E-state index in [0.29, 0.717) is 18.8 Å². The Kier molecular flexibility index (Phi) is 4.86. The van der Waals surface area contributed by atoms with Crippen molar-refractivity contribution in [3.05, 3.63) is 66.4 Å². The number of hydrogen-bond donors (Lipinski definition) is 1. The molecule has 3 heterocycles. The number of aromatic amines is 1. The topological polar surface area (TPSA) is 62.1 Å². The van der Waals surface area contributed by atoms with Gasteiger partial charge in [0.25, 0.3) is 0 Å². The van der Waals surface area contributed by atoms with Gasteiger partial charge in [0.1, 0.15) is 5.76 Å². The SMILES string of the molecule is O=C(CCc1ccco1)N1CCCC(c2[nH]ncc2-c2ccccc2)C1.